The van der Waals surface area contributed by atoms with Crippen molar-refractivity contribution in [2.45, 2.75) is 38.4 Å². The highest BCUT2D eigenvalue weighted by molar-refractivity contribution is 6.18. The summed E-state index contributed by atoms with van der Waals surface area (Å²) in [6.07, 6.45) is -0.492. The predicted molar refractivity (Wildman–Crippen MR) is 91.7 cm³/mol. The SMILES string of the molecule is C=C(C(N)=O)c1ccc2c(ccn2CC2CCC(C(F)(F)F)CC2)c1. The molecule has 1 heterocycles. The number of amides is 1. The molecule has 1 aromatic carbocycles. The van der Waals surface area contributed by atoms with E-state index in [0.29, 0.717) is 24.9 Å². The van der Waals surface area contributed by atoms with Gasteiger partial charge in [-0.05, 0) is 55.4 Å². The molecule has 0 unspecified atom stereocenters. The van der Waals surface area contributed by atoms with Crippen LogP contribution in [0.4, 0.5) is 13.2 Å². The Hall–Kier alpha value is -2.24. The van der Waals surface area contributed by atoms with Crippen LogP contribution < -0.4 is 5.73 Å². The summed E-state index contributed by atoms with van der Waals surface area (Å²) in [5, 5.41) is 0.962. The third-order valence-electron chi connectivity index (χ3n) is 5.18. The Morgan fingerprint density at radius 2 is 1.88 bits per heavy atom. The number of alkyl halides is 3. The summed E-state index contributed by atoms with van der Waals surface area (Å²) in [6, 6.07) is 7.50. The molecular weight excluding hydrogens is 329 g/mol. The van der Waals surface area contributed by atoms with Gasteiger partial charge in [-0.2, -0.15) is 13.2 Å². The zero-order valence-electron chi connectivity index (χ0n) is 13.9. The fourth-order valence-electron chi connectivity index (χ4n) is 3.64. The van der Waals surface area contributed by atoms with Gasteiger partial charge in [-0.3, -0.25) is 4.79 Å². The van der Waals surface area contributed by atoms with E-state index in [1.54, 1.807) is 6.07 Å². The van der Waals surface area contributed by atoms with Crippen molar-refractivity contribution in [3.8, 4) is 0 Å². The number of hydrogen-bond acceptors (Lipinski definition) is 1. The van der Waals surface area contributed by atoms with Crippen LogP contribution in [-0.4, -0.2) is 16.7 Å². The minimum absolute atomic E-state index is 0.218. The summed E-state index contributed by atoms with van der Waals surface area (Å²) in [7, 11) is 0. The van der Waals surface area contributed by atoms with Gasteiger partial charge in [0.1, 0.15) is 0 Å². The summed E-state index contributed by atoms with van der Waals surface area (Å²) < 4.78 is 40.4. The summed E-state index contributed by atoms with van der Waals surface area (Å²) in [4.78, 5) is 11.2. The number of benzene rings is 1. The Morgan fingerprint density at radius 3 is 2.48 bits per heavy atom. The van der Waals surface area contributed by atoms with Gasteiger partial charge in [-0.25, -0.2) is 0 Å². The molecule has 1 aliphatic rings. The van der Waals surface area contributed by atoms with Crippen LogP contribution in [0.3, 0.4) is 0 Å². The number of nitrogens with two attached hydrogens (primary N) is 1. The standard InChI is InChI=1S/C19H21F3N2O/c1-12(18(23)25)14-4-7-17-15(10-14)8-9-24(17)11-13-2-5-16(6-3-13)19(20,21)22/h4,7-10,13,16H,1-3,5-6,11H2,(H2,23,25). The summed E-state index contributed by atoms with van der Waals surface area (Å²) in [6.45, 7) is 4.40. The van der Waals surface area contributed by atoms with Crippen molar-refractivity contribution in [3.63, 3.8) is 0 Å². The Kier molecular flexibility index (Phi) is 4.62. The lowest BCUT2D eigenvalue weighted by Gasteiger charge is -2.30. The largest absolute Gasteiger partial charge is 0.391 e. The highest BCUT2D eigenvalue weighted by Gasteiger charge is 2.41. The van der Waals surface area contributed by atoms with Crippen molar-refractivity contribution < 1.29 is 18.0 Å². The number of carbonyl (C=O) groups is 1. The van der Waals surface area contributed by atoms with E-state index in [2.05, 4.69) is 11.1 Å². The van der Waals surface area contributed by atoms with Crippen LogP contribution in [0.2, 0.25) is 0 Å². The quantitative estimate of drug-likeness (QED) is 0.811. The van der Waals surface area contributed by atoms with E-state index in [-0.39, 0.29) is 24.3 Å². The number of carbonyl (C=O) groups excluding carboxylic acids is 1. The van der Waals surface area contributed by atoms with E-state index in [1.165, 1.54) is 0 Å². The molecule has 1 amide bonds. The molecule has 0 bridgehead atoms. The van der Waals surface area contributed by atoms with Gasteiger partial charge in [0, 0.05) is 29.2 Å². The molecule has 3 rings (SSSR count). The minimum atomic E-state index is -4.07. The Bertz CT molecular complexity index is 799. The average molecular weight is 350 g/mol. The maximum Gasteiger partial charge on any atom is 0.391 e. The van der Waals surface area contributed by atoms with Crippen LogP contribution in [0.1, 0.15) is 31.2 Å². The highest BCUT2D eigenvalue weighted by atomic mass is 19.4. The normalized spacial score (nSPS) is 21.4. The molecule has 1 aromatic heterocycles. The number of primary amides is 1. The molecule has 0 radical (unpaired) electrons. The maximum atomic E-state index is 12.8. The number of nitrogens with zero attached hydrogens (tertiary/aromatic N) is 1. The molecule has 1 saturated carbocycles. The van der Waals surface area contributed by atoms with Gasteiger partial charge in [-0.15, -0.1) is 0 Å². The molecule has 2 aromatic rings. The summed E-state index contributed by atoms with van der Waals surface area (Å²) >= 11 is 0. The van der Waals surface area contributed by atoms with Crippen LogP contribution in [0.25, 0.3) is 16.5 Å². The van der Waals surface area contributed by atoms with Crippen molar-refractivity contribution in [3.05, 3.63) is 42.6 Å². The van der Waals surface area contributed by atoms with Crippen LogP contribution in [-0.2, 0) is 11.3 Å². The molecule has 3 nitrogen and oxygen atoms in total. The predicted octanol–water partition coefficient (Wildman–Crippen LogP) is 4.51. The van der Waals surface area contributed by atoms with E-state index >= 15 is 0 Å². The summed E-state index contributed by atoms with van der Waals surface area (Å²) in [5.41, 5.74) is 7.21. The molecule has 0 aliphatic heterocycles. The van der Waals surface area contributed by atoms with Crippen LogP contribution >= 0.6 is 0 Å². The van der Waals surface area contributed by atoms with Crippen molar-refractivity contribution in [1.29, 1.82) is 0 Å². The number of aromatic nitrogens is 1. The van der Waals surface area contributed by atoms with E-state index in [4.69, 9.17) is 5.73 Å². The Morgan fingerprint density at radius 1 is 1.20 bits per heavy atom. The molecule has 1 fully saturated rings. The molecule has 2 N–H and O–H groups in total. The topological polar surface area (TPSA) is 48.0 Å². The van der Waals surface area contributed by atoms with Gasteiger partial charge in [0.25, 0.3) is 0 Å². The molecule has 0 atom stereocenters. The Balaban J connectivity index is 1.71. The zero-order valence-corrected chi connectivity index (χ0v) is 13.9. The number of hydrogen-bond donors (Lipinski definition) is 1. The van der Waals surface area contributed by atoms with Gasteiger partial charge >= 0.3 is 6.18 Å². The molecular formula is C19H21F3N2O. The smallest absolute Gasteiger partial charge is 0.366 e. The first-order valence-electron chi connectivity index (χ1n) is 8.40. The lowest BCUT2D eigenvalue weighted by Crippen LogP contribution is -2.28. The molecule has 134 valence electrons. The zero-order chi connectivity index (χ0) is 18.2. The fourth-order valence-corrected chi connectivity index (χ4v) is 3.64. The maximum absolute atomic E-state index is 12.8. The average Bonchev–Trinajstić information content (AvgIpc) is 2.96. The van der Waals surface area contributed by atoms with Crippen LogP contribution in [0.15, 0.2) is 37.0 Å². The van der Waals surface area contributed by atoms with Gasteiger partial charge in [0.15, 0.2) is 0 Å². The monoisotopic (exact) mass is 350 g/mol. The lowest BCUT2D eigenvalue weighted by molar-refractivity contribution is -0.184. The van der Waals surface area contributed by atoms with Crippen LogP contribution in [0, 0.1) is 11.8 Å². The highest BCUT2D eigenvalue weighted by Crippen LogP contribution is 2.40. The first-order valence-corrected chi connectivity index (χ1v) is 8.40. The van der Waals surface area contributed by atoms with Crippen LogP contribution in [0.5, 0.6) is 0 Å². The molecule has 1 aliphatic carbocycles. The van der Waals surface area contributed by atoms with Gasteiger partial charge < -0.3 is 10.3 Å². The third-order valence-corrected chi connectivity index (χ3v) is 5.18. The van der Waals surface area contributed by atoms with E-state index in [9.17, 15) is 18.0 Å². The van der Waals surface area contributed by atoms with Crippen molar-refractivity contribution in [1.82, 2.24) is 4.57 Å². The second-order valence-corrected chi connectivity index (χ2v) is 6.84. The van der Waals surface area contributed by atoms with Crippen molar-refractivity contribution in [2.24, 2.45) is 17.6 Å². The minimum Gasteiger partial charge on any atom is -0.366 e. The first-order chi connectivity index (χ1) is 11.8. The fraction of sp³-hybridized carbons (Fsp3) is 0.421. The summed E-state index contributed by atoms with van der Waals surface area (Å²) in [5.74, 6) is -1.44. The number of fused-ring (bicyclic) bond motifs is 1. The van der Waals surface area contributed by atoms with Gasteiger partial charge in [0.05, 0.1) is 5.92 Å². The van der Waals surface area contributed by atoms with Crippen molar-refractivity contribution >= 4 is 22.4 Å². The van der Waals surface area contributed by atoms with E-state index in [0.717, 1.165) is 10.9 Å². The Labute approximate surface area is 144 Å². The van der Waals surface area contributed by atoms with E-state index in [1.807, 2.05) is 24.4 Å². The molecule has 25 heavy (non-hydrogen) atoms. The van der Waals surface area contributed by atoms with E-state index < -0.39 is 18.0 Å². The number of rotatable bonds is 4. The molecule has 6 heteroatoms. The lowest BCUT2D eigenvalue weighted by atomic mass is 9.81. The molecule has 0 saturated heterocycles. The second kappa shape index (κ2) is 6.58. The number of halogens is 3. The first kappa shape index (κ1) is 17.6. The van der Waals surface area contributed by atoms with Gasteiger partial charge in [0.2, 0.25) is 5.91 Å². The van der Waals surface area contributed by atoms with Gasteiger partial charge in [-0.1, -0.05) is 12.6 Å². The van der Waals surface area contributed by atoms with Crippen molar-refractivity contribution in [2.75, 3.05) is 0 Å². The second-order valence-electron chi connectivity index (χ2n) is 6.84. The molecule has 0 spiro atoms. The third kappa shape index (κ3) is 3.72.